The van der Waals surface area contributed by atoms with Crippen LogP contribution in [-0.4, -0.2) is 40.0 Å². The molecule has 2 heterocycles. The Morgan fingerprint density at radius 3 is 2.64 bits per heavy atom. The molecule has 0 aliphatic heterocycles. The third-order valence-corrected chi connectivity index (χ3v) is 6.29. The number of carbonyl (C=O) groups excluding carboxylic acids is 2. The number of likely N-dealkylation sites (N-methyl/N-ethyl adjacent to an activating group) is 1. The molecule has 0 saturated heterocycles. The van der Waals surface area contributed by atoms with Crippen LogP contribution >= 0.6 is 11.3 Å². The van der Waals surface area contributed by atoms with E-state index in [1.54, 1.807) is 29.4 Å². The predicted octanol–water partition coefficient (Wildman–Crippen LogP) is 4.11. The van der Waals surface area contributed by atoms with Crippen LogP contribution in [-0.2, 0) is 16.1 Å². The van der Waals surface area contributed by atoms with Crippen molar-refractivity contribution in [2.45, 2.75) is 40.3 Å². The lowest BCUT2D eigenvalue weighted by atomic mass is 10.2. The molecule has 28 heavy (non-hydrogen) atoms. The molecule has 0 bridgehead atoms. The molecule has 7 heteroatoms. The minimum atomic E-state index is -0.470. The van der Waals surface area contributed by atoms with Gasteiger partial charge in [0.05, 0.1) is 21.8 Å². The summed E-state index contributed by atoms with van der Waals surface area (Å²) in [5.41, 5.74) is 3.29. The van der Waals surface area contributed by atoms with Crippen LogP contribution in [0.15, 0.2) is 30.3 Å². The van der Waals surface area contributed by atoms with Crippen LogP contribution in [0.4, 0.5) is 0 Å². The van der Waals surface area contributed by atoms with E-state index in [9.17, 15) is 9.59 Å². The van der Waals surface area contributed by atoms with Crippen molar-refractivity contribution in [2.24, 2.45) is 0 Å². The predicted molar refractivity (Wildman–Crippen MR) is 111 cm³/mol. The van der Waals surface area contributed by atoms with Gasteiger partial charge in [0.25, 0.3) is 5.91 Å². The van der Waals surface area contributed by atoms with Crippen LogP contribution in [0, 0.1) is 13.8 Å². The van der Waals surface area contributed by atoms with Gasteiger partial charge in [0.15, 0.2) is 6.61 Å². The van der Waals surface area contributed by atoms with Crippen LogP contribution in [0.25, 0.3) is 10.2 Å². The molecule has 0 unspecified atom stereocenters. The fraction of sp³-hybridized carbons (Fsp3) is 0.381. The number of ether oxygens (including phenoxy) is 1. The van der Waals surface area contributed by atoms with Crippen molar-refractivity contribution < 1.29 is 14.3 Å². The molecule has 0 radical (unpaired) electrons. The normalized spacial score (nSPS) is 12.2. The number of esters is 1. The molecule has 3 rings (SSSR count). The van der Waals surface area contributed by atoms with Crippen LogP contribution in [0.5, 0.6) is 0 Å². The number of para-hydroxylation sites is 1. The lowest BCUT2D eigenvalue weighted by Crippen LogP contribution is -2.33. The summed E-state index contributed by atoms with van der Waals surface area (Å²) in [7, 11) is 1.70. The molecule has 3 aromatic rings. The van der Waals surface area contributed by atoms with Gasteiger partial charge >= 0.3 is 5.97 Å². The Morgan fingerprint density at radius 1 is 1.29 bits per heavy atom. The number of benzene rings is 1. The highest BCUT2D eigenvalue weighted by molar-refractivity contribution is 7.18. The quantitative estimate of drug-likeness (QED) is 0.585. The summed E-state index contributed by atoms with van der Waals surface area (Å²) in [6, 6.07) is 9.49. The second kappa shape index (κ2) is 8.14. The molecule has 1 atom stereocenters. The van der Waals surface area contributed by atoms with Gasteiger partial charge < -0.3 is 14.2 Å². The van der Waals surface area contributed by atoms with E-state index in [1.807, 2.05) is 56.5 Å². The van der Waals surface area contributed by atoms with Gasteiger partial charge in [-0.05, 0) is 45.9 Å². The highest BCUT2D eigenvalue weighted by Gasteiger charge is 2.23. The van der Waals surface area contributed by atoms with Gasteiger partial charge in [-0.15, -0.1) is 11.3 Å². The highest BCUT2D eigenvalue weighted by atomic mass is 32.1. The van der Waals surface area contributed by atoms with E-state index in [2.05, 4.69) is 4.98 Å². The lowest BCUT2D eigenvalue weighted by molar-refractivity contribution is -0.135. The van der Waals surface area contributed by atoms with Gasteiger partial charge in [0.1, 0.15) is 5.01 Å². The summed E-state index contributed by atoms with van der Waals surface area (Å²) in [5, 5.41) is 0.856. The molecule has 0 aliphatic carbocycles. The van der Waals surface area contributed by atoms with Crippen LogP contribution < -0.4 is 0 Å². The molecule has 0 N–H and O–H groups in total. The van der Waals surface area contributed by atoms with E-state index in [0.29, 0.717) is 5.56 Å². The zero-order valence-corrected chi connectivity index (χ0v) is 17.7. The van der Waals surface area contributed by atoms with Crippen LogP contribution in [0.1, 0.15) is 46.6 Å². The number of hydrogen-bond donors (Lipinski definition) is 0. The molecule has 148 valence electrons. The summed E-state index contributed by atoms with van der Waals surface area (Å²) in [5.74, 6) is -0.730. The molecule has 2 aromatic heterocycles. The summed E-state index contributed by atoms with van der Waals surface area (Å²) in [4.78, 5) is 31.1. The fourth-order valence-corrected chi connectivity index (χ4v) is 4.31. The molecule has 0 aliphatic rings. The first kappa shape index (κ1) is 20.1. The first-order valence-electron chi connectivity index (χ1n) is 9.28. The molecule has 6 nitrogen and oxygen atoms in total. The number of nitrogens with zero attached hydrogens (tertiary/aromatic N) is 3. The standard InChI is InChI=1S/C21H25N3O3S/c1-6-24-13(2)11-16(14(24)3)21(26)27-12-19(25)23(5)15(4)20-22-17-9-7-8-10-18(17)28-20/h7-11,15H,6,12H2,1-5H3/t15-/m1/s1. The number of thiazole rings is 1. The number of carbonyl (C=O) groups is 2. The van der Waals surface area contributed by atoms with E-state index in [-0.39, 0.29) is 18.6 Å². The third-order valence-electron chi connectivity index (χ3n) is 5.08. The SMILES string of the molecule is CCn1c(C)cc(C(=O)OCC(=O)N(C)[C@H](C)c2nc3ccccc3s2)c1C. The van der Waals surface area contributed by atoms with Gasteiger partial charge in [0.2, 0.25) is 0 Å². The maximum Gasteiger partial charge on any atom is 0.340 e. The average molecular weight is 400 g/mol. The van der Waals surface area contributed by atoms with Gasteiger partial charge in [-0.1, -0.05) is 12.1 Å². The number of rotatable bonds is 6. The minimum absolute atomic E-state index is 0.200. The topological polar surface area (TPSA) is 64.4 Å². The Morgan fingerprint density at radius 2 is 2.00 bits per heavy atom. The second-order valence-corrected chi connectivity index (χ2v) is 7.87. The summed E-state index contributed by atoms with van der Waals surface area (Å²) >= 11 is 1.57. The first-order valence-corrected chi connectivity index (χ1v) is 10.1. The Kier molecular flexibility index (Phi) is 5.84. The van der Waals surface area contributed by atoms with Gasteiger partial charge in [-0.25, -0.2) is 9.78 Å². The number of amides is 1. The molecule has 0 spiro atoms. The number of hydrogen-bond acceptors (Lipinski definition) is 5. The molecular weight excluding hydrogens is 374 g/mol. The fourth-order valence-electron chi connectivity index (χ4n) is 3.25. The van der Waals surface area contributed by atoms with Crippen LogP contribution in [0.3, 0.4) is 0 Å². The smallest absolute Gasteiger partial charge is 0.340 e. The summed E-state index contributed by atoms with van der Waals surface area (Å²) < 4.78 is 8.42. The first-order chi connectivity index (χ1) is 13.3. The third kappa shape index (κ3) is 3.80. The van der Waals surface area contributed by atoms with E-state index in [1.165, 1.54) is 0 Å². The van der Waals surface area contributed by atoms with E-state index in [0.717, 1.165) is 33.2 Å². The molecule has 1 amide bonds. The van der Waals surface area contributed by atoms with Gasteiger partial charge in [-0.3, -0.25) is 4.79 Å². The van der Waals surface area contributed by atoms with Crippen molar-refractivity contribution in [3.63, 3.8) is 0 Å². The monoisotopic (exact) mass is 399 g/mol. The Hall–Kier alpha value is -2.67. The van der Waals surface area contributed by atoms with E-state index < -0.39 is 5.97 Å². The minimum Gasteiger partial charge on any atom is -0.452 e. The Labute approximate surface area is 168 Å². The number of aromatic nitrogens is 2. The average Bonchev–Trinajstić information content (AvgIpc) is 3.25. The van der Waals surface area contributed by atoms with Crippen molar-refractivity contribution >= 4 is 33.4 Å². The van der Waals surface area contributed by atoms with Crippen molar-refractivity contribution in [1.82, 2.24) is 14.5 Å². The molecule has 0 fully saturated rings. The van der Waals surface area contributed by atoms with E-state index >= 15 is 0 Å². The van der Waals surface area contributed by atoms with Gasteiger partial charge in [-0.2, -0.15) is 0 Å². The molecule has 0 saturated carbocycles. The Balaban J connectivity index is 1.64. The van der Waals surface area contributed by atoms with Crippen LogP contribution in [0.2, 0.25) is 0 Å². The molecular formula is C21H25N3O3S. The Bertz CT molecular complexity index is 988. The van der Waals surface area contributed by atoms with Crippen molar-refractivity contribution in [3.8, 4) is 0 Å². The maximum atomic E-state index is 12.5. The summed E-state index contributed by atoms with van der Waals surface area (Å²) in [6.45, 7) is 8.28. The summed E-state index contributed by atoms with van der Waals surface area (Å²) in [6.07, 6.45) is 0. The van der Waals surface area contributed by atoms with Crippen molar-refractivity contribution in [2.75, 3.05) is 13.7 Å². The van der Waals surface area contributed by atoms with Crippen molar-refractivity contribution in [1.29, 1.82) is 0 Å². The lowest BCUT2D eigenvalue weighted by Gasteiger charge is -2.23. The number of aryl methyl sites for hydroxylation is 1. The van der Waals surface area contributed by atoms with Gasteiger partial charge in [0, 0.05) is 25.0 Å². The number of fused-ring (bicyclic) bond motifs is 1. The van der Waals surface area contributed by atoms with E-state index in [4.69, 9.17) is 4.74 Å². The highest BCUT2D eigenvalue weighted by Crippen LogP contribution is 2.28. The van der Waals surface area contributed by atoms with Crippen molar-refractivity contribution in [3.05, 3.63) is 52.3 Å². The zero-order chi connectivity index (χ0) is 20.4. The maximum absolute atomic E-state index is 12.5. The molecule has 1 aromatic carbocycles. The zero-order valence-electron chi connectivity index (χ0n) is 16.9. The second-order valence-electron chi connectivity index (χ2n) is 6.81. The largest absolute Gasteiger partial charge is 0.452 e.